The van der Waals surface area contributed by atoms with Crippen LogP contribution in [0.4, 0.5) is 18.9 Å². The SMILES string of the molecule is CC(C)(CO)COc1cc2nn(CC(=O)N3CCOCC3)cc2cc1NC(=O)c1cccc(C(F)(F)F)n1. The number of halogens is 3. The quantitative estimate of drug-likeness (QED) is 0.455. The second-order valence-electron chi connectivity index (χ2n) is 9.70. The van der Waals surface area contributed by atoms with Gasteiger partial charge in [-0.1, -0.05) is 19.9 Å². The van der Waals surface area contributed by atoms with Gasteiger partial charge < -0.3 is 24.8 Å². The zero-order valence-electron chi connectivity index (χ0n) is 20.9. The summed E-state index contributed by atoms with van der Waals surface area (Å²) in [5.41, 5.74) is -1.56. The number of amides is 2. The number of benzene rings is 1. The first kappa shape index (κ1) is 27.3. The van der Waals surface area contributed by atoms with E-state index < -0.39 is 28.9 Å². The number of aliphatic hydroxyl groups is 1. The van der Waals surface area contributed by atoms with Crippen molar-refractivity contribution < 1.29 is 37.3 Å². The van der Waals surface area contributed by atoms with Crippen molar-refractivity contribution in [2.75, 3.05) is 44.8 Å². The van der Waals surface area contributed by atoms with E-state index in [1.807, 2.05) is 0 Å². The minimum absolute atomic E-state index is 0.00173. The number of rotatable bonds is 8. The van der Waals surface area contributed by atoms with Gasteiger partial charge in [0, 0.05) is 36.2 Å². The standard InChI is InChI=1S/C25H28F3N5O5/c1-24(2,14-34)15-38-20-11-18-16(12-33(31-18)13-22(35)32-6-8-37-9-7-32)10-19(20)30-23(36)17-4-3-5-21(29-17)25(26,27)28/h3-5,10-12,34H,6-9,13-15H2,1-2H3,(H,30,36). The summed E-state index contributed by atoms with van der Waals surface area (Å²) in [6.45, 7) is 5.42. The molecule has 0 unspecified atom stereocenters. The zero-order chi connectivity index (χ0) is 27.5. The van der Waals surface area contributed by atoms with Crippen molar-refractivity contribution in [3.8, 4) is 5.75 Å². The number of hydrogen-bond acceptors (Lipinski definition) is 7. The molecule has 0 saturated carbocycles. The first-order valence-electron chi connectivity index (χ1n) is 11.9. The van der Waals surface area contributed by atoms with E-state index in [1.165, 1.54) is 10.7 Å². The fourth-order valence-electron chi connectivity index (χ4n) is 3.68. The second kappa shape index (κ2) is 11.0. The fourth-order valence-corrected chi connectivity index (χ4v) is 3.68. The molecule has 1 fully saturated rings. The normalized spacial score (nSPS) is 14.5. The Balaban J connectivity index is 1.62. The third-order valence-corrected chi connectivity index (χ3v) is 5.88. The summed E-state index contributed by atoms with van der Waals surface area (Å²) < 4.78 is 51.9. The topological polar surface area (TPSA) is 119 Å². The van der Waals surface area contributed by atoms with Gasteiger partial charge in [0.25, 0.3) is 5.91 Å². The molecule has 2 N–H and O–H groups in total. The van der Waals surface area contributed by atoms with Gasteiger partial charge in [-0.2, -0.15) is 18.3 Å². The van der Waals surface area contributed by atoms with Gasteiger partial charge in [0.15, 0.2) is 0 Å². The Morgan fingerprint density at radius 2 is 1.92 bits per heavy atom. The van der Waals surface area contributed by atoms with Crippen LogP contribution in [0.2, 0.25) is 0 Å². The van der Waals surface area contributed by atoms with Crippen LogP contribution in [0, 0.1) is 5.41 Å². The van der Waals surface area contributed by atoms with Crippen molar-refractivity contribution in [1.29, 1.82) is 0 Å². The molecule has 0 aliphatic carbocycles. The van der Waals surface area contributed by atoms with Gasteiger partial charge >= 0.3 is 6.18 Å². The minimum atomic E-state index is -4.70. The molecule has 1 aromatic carbocycles. The maximum atomic E-state index is 13.1. The predicted octanol–water partition coefficient (Wildman–Crippen LogP) is 2.96. The van der Waals surface area contributed by atoms with Gasteiger partial charge in [0.2, 0.25) is 5.91 Å². The molecule has 38 heavy (non-hydrogen) atoms. The van der Waals surface area contributed by atoms with Crippen molar-refractivity contribution >= 4 is 28.4 Å². The number of carbonyl (C=O) groups excluding carboxylic acids is 2. The molecule has 1 aliphatic rings. The number of anilines is 1. The average molecular weight is 536 g/mol. The number of aromatic nitrogens is 3. The van der Waals surface area contributed by atoms with Crippen LogP contribution < -0.4 is 10.1 Å². The number of nitrogens with zero attached hydrogens (tertiary/aromatic N) is 4. The number of ether oxygens (including phenoxy) is 2. The van der Waals surface area contributed by atoms with E-state index in [0.29, 0.717) is 37.2 Å². The highest BCUT2D eigenvalue weighted by molar-refractivity contribution is 6.05. The average Bonchev–Trinajstić information content (AvgIpc) is 3.28. The van der Waals surface area contributed by atoms with Crippen LogP contribution in [-0.4, -0.2) is 76.1 Å². The largest absolute Gasteiger partial charge is 0.491 e. The first-order chi connectivity index (χ1) is 17.9. The molecule has 2 aromatic heterocycles. The number of fused-ring (bicyclic) bond motifs is 1. The summed E-state index contributed by atoms with van der Waals surface area (Å²) in [6, 6.07) is 6.18. The number of morpholine rings is 1. The maximum absolute atomic E-state index is 13.1. The lowest BCUT2D eigenvalue weighted by Crippen LogP contribution is -2.42. The second-order valence-corrected chi connectivity index (χ2v) is 9.70. The van der Waals surface area contributed by atoms with Gasteiger partial charge in [0.05, 0.1) is 37.6 Å². The molecule has 1 saturated heterocycles. The van der Waals surface area contributed by atoms with Crippen molar-refractivity contribution in [3.63, 3.8) is 0 Å². The van der Waals surface area contributed by atoms with Crippen molar-refractivity contribution in [2.45, 2.75) is 26.6 Å². The van der Waals surface area contributed by atoms with Gasteiger partial charge in [-0.25, -0.2) is 4.98 Å². The first-order valence-corrected chi connectivity index (χ1v) is 11.9. The van der Waals surface area contributed by atoms with Crippen molar-refractivity contribution in [2.24, 2.45) is 5.41 Å². The summed E-state index contributed by atoms with van der Waals surface area (Å²) >= 11 is 0. The minimum Gasteiger partial charge on any atom is -0.491 e. The summed E-state index contributed by atoms with van der Waals surface area (Å²) in [4.78, 5) is 30.6. The van der Waals surface area contributed by atoms with E-state index in [2.05, 4.69) is 15.4 Å². The molecule has 1 aliphatic heterocycles. The summed E-state index contributed by atoms with van der Waals surface area (Å²) in [5.74, 6) is -0.785. The van der Waals surface area contributed by atoms with Gasteiger partial charge in [-0.05, 0) is 18.2 Å². The zero-order valence-corrected chi connectivity index (χ0v) is 20.9. The third-order valence-electron chi connectivity index (χ3n) is 5.88. The number of hydrogen-bond donors (Lipinski definition) is 2. The van der Waals surface area contributed by atoms with Crippen molar-refractivity contribution in [3.05, 3.63) is 47.9 Å². The lowest BCUT2D eigenvalue weighted by atomic mass is 9.96. The van der Waals surface area contributed by atoms with Gasteiger partial charge in [0.1, 0.15) is 23.7 Å². The molecule has 3 aromatic rings. The molecular formula is C25H28F3N5O5. The molecular weight excluding hydrogens is 507 g/mol. The summed E-state index contributed by atoms with van der Waals surface area (Å²) in [6.07, 6.45) is -3.07. The summed E-state index contributed by atoms with van der Waals surface area (Å²) in [5, 5.41) is 17.2. The number of alkyl halides is 3. The monoisotopic (exact) mass is 535 g/mol. The lowest BCUT2D eigenvalue weighted by Gasteiger charge is -2.26. The van der Waals surface area contributed by atoms with Crippen LogP contribution in [0.1, 0.15) is 30.0 Å². The molecule has 2 amide bonds. The highest BCUT2D eigenvalue weighted by Gasteiger charge is 2.33. The molecule has 3 heterocycles. The summed E-state index contributed by atoms with van der Waals surface area (Å²) in [7, 11) is 0. The number of aliphatic hydroxyl groups excluding tert-OH is 1. The number of pyridine rings is 1. The van der Waals surface area contributed by atoms with Crippen LogP contribution in [-0.2, 0) is 22.3 Å². The van der Waals surface area contributed by atoms with Crippen LogP contribution in [0.15, 0.2) is 36.5 Å². The van der Waals surface area contributed by atoms with Gasteiger partial charge in [-0.15, -0.1) is 0 Å². The van der Waals surface area contributed by atoms with E-state index in [-0.39, 0.29) is 37.1 Å². The van der Waals surface area contributed by atoms with Crippen LogP contribution in [0.3, 0.4) is 0 Å². The smallest absolute Gasteiger partial charge is 0.433 e. The molecule has 10 nitrogen and oxygen atoms in total. The van der Waals surface area contributed by atoms with E-state index in [9.17, 15) is 27.9 Å². The predicted molar refractivity (Wildman–Crippen MR) is 131 cm³/mol. The Hall–Kier alpha value is -3.71. The van der Waals surface area contributed by atoms with E-state index in [4.69, 9.17) is 9.47 Å². The van der Waals surface area contributed by atoms with E-state index in [1.54, 1.807) is 37.1 Å². The van der Waals surface area contributed by atoms with Crippen LogP contribution in [0.25, 0.3) is 10.9 Å². The van der Waals surface area contributed by atoms with Gasteiger partial charge in [-0.3, -0.25) is 14.3 Å². The van der Waals surface area contributed by atoms with Crippen molar-refractivity contribution in [1.82, 2.24) is 19.7 Å². The Labute approximate surface area is 216 Å². The van der Waals surface area contributed by atoms with E-state index >= 15 is 0 Å². The van der Waals surface area contributed by atoms with E-state index in [0.717, 1.165) is 12.1 Å². The third kappa shape index (κ3) is 6.58. The highest BCUT2D eigenvalue weighted by atomic mass is 19.4. The number of nitrogens with one attached hydrogen (secondary N) is 1. The molecule has 4 rings (SSSR count). The van der Waals surface area contributed by atoms with Crippen LogP contribution in [0.5, 0.6) is 5.75 Å². The maximum Gasteiger partial charge on any atom is 0.433 e. The lowest BCUT2D eigenvalue weighted by molar-refractivity contribution is -0.141. The Morgan fingerprint density at radius 1 is 1.18 bits per heavy atom. The number of carbonyl (C=O) groups is 2. The Morgan fingerprint density at radius 3 is 2.61 bits per heavy atom. The van der Waals surface area contributed by atoms with Crippen LogP contribution >= 0.6 is 0 Å². The fraction of sp³-hybridized carbons (Fsp3) is 0.440. The highest BCUT2D eigenvalue weighted by Crippen LogP contribution is 2.32. The Bertz CT molecular complexity index is 1320. The molecule has 0 spiro atoms. The molecule has 204 valence electrons. The molecule has 0 radical (unpaired) electrons. The molecule has 13 heteroatoms. The Kier molecular flexibility index (Phi) is 7.88. The molecule has 0 atom stereocenters. The molecule has 0 bridgehead atoms.